The van der Waals surface area contributed by atoms with Gasteiger partial charge >= 0.3 is 0 Å². The van der Waals surface area contributed by atoms with E-state index in [0.29, 0.717) is 0 Å². The van der Waals surface area contributed by atoms with Gasteiger partial charge in [0.05, 0.1) is 6.04 Å². The maximum absolute atomic E-state index is 12.5. The van der Waals surface area contributed by atoms with Gasteiger partial charge in [-0.25, -0.2) is 0 Å². The van der Waals surface area contributed by atoms with Crippen molar-refractivity contribution < 1.29 is 4.79 Å². The lowest BCUT2D eigenvalue weighted by atomic mass is 9.99. The molecule has 1 aliphatic heterocycles. The van der Waals surface area contributed by atoms with Crippen LogP contribution in [0.15, 0.2) is 48.5 Å². The number of carbonyl (C=O) groups is 1. The predicted octanol–water partition coefficient (Wildman–Crippen LogP) is 3.38. The van der Waals surface area contributed by atoms with E-state index in [4.69, 9.17) is 0 Å². The molecule has 0 aliphatic carbocycles. The van der Waals surface area contributed by atoms with Gasteiger partial charge < -0.3 is 5.32 Å². The van der Waals surface area contributed by atoms with Gasteiger partial charge in [0.2, 0.25) is 5.91 Å². The molecular formula is C19H22N2O. The summed E-state index contributed by atoms with van der Waals surface area (Å²) in [6.45, 7) is 5.79. The Bertz CT molecular complexity index is 681. The summed E-state index contributed by atoms with van der Waals surface area (Å²) in [6, 6.07) is 16.3. The molecule has 0 bridgehead atoms. The van der Waals surface area contributed by atoms with Crippen LogP contribution in [0.2, 0.25) is 0 Å². The molecule has 1 heterocycles. The summed E-state index contributed by atoms with van der Waals surface area (Å²) in [4.78, 5) is 14.7. The normalized spacial score (nSPS) is 15.9. The molecule has 3 rings (SSSR count). The van der Waals surface area contributed by atoms with Gasteiger partial charge in [-0.1, -0.05) is 36.4 Å². The number of hydrogen-bond acceptors (Lipinski definition) is 2. The molecule has 0 saturated carbocycles. The summed E-state index contributed by atoms with van der Waals surface area (Å²) < 4.78 is 0. The summed E-state index contributed by atoms with van der Waals surface area (Å²) in [6.07, 6.45) is 1.01. The number of carbonyl (C=O) groups excluding carboxylic acids is 1. The van der Waals surface area contributed by atoms with E-state index >= 15 is 0 Å². The Kier molecular flexibility index (Phi) is 4.25. The van der Waals surface area contributed by atoms with Crippen LogP contribution >= 0.6 is 0 Å². The lowest BCUT2D eigenvalue weighted by Crippen LogP contribution is -2.44. The van der Waals surface area contributed by atoms with Crippen LogP contribution in [0.4, 0.5) is 5.69 Å². The largest absolute Gasteiger partial charge is 0.325 e. The molecule has 1 aliphatic rings. The van der Waals surface area contributed by atoms with Crippen molar-refractivity contribution >= 4 is 11.6 Å². The Labute approximate surface area is 132 Å². The third-order valence-electron chi connectivity index (χ3n) is 4.37. The fraction of sp³-hybridized carbons (Fsp3) is 0.316. The van der Waals surface area contributed by atoms with E-state index < -0.39 is 0 Å². The fourth-order valence-electron chi connectivity index (χ4n) is 2.98. The molecule has 2 aromatic carbocycles. The highest BCUT2D eigenvalue weighted by atomic mass is 16.2. The zero-order chi connectivity index (χ0) is 15.5. The quantitative estimate of drug-likeness (QED) is 0.941. The number of hydrogen-bond donors (Lipinski definition) is 1. The molecule has 3 heteroatoms. The van der Waals surface area contributed by atoms with E-state index in [1.807, 2.05) is 38.1 Å². The molecule has 0 spiro atoms. The summed E-state index contributed by atoms with van der Waals surface area (Å²) in [5, 5.41) is 3.02. The van der Waals surface area contributed by atoms with Crippen LogP contribution in [-0.2, 0) is 17.8 Å². The SMILES string of the molecule is Cc1cccc(NC(=O)[C@@H](C)N2CCc3ccccc3C2)c1. The van der Waals surface area contributed by atoms with Crippen molar-refractivity contribution in [3.05, 3.63) is 65.2 Å². The minimum Gasteiger partial charge on any atom is -0.325 e. The molecule has 0 radical (unpaired) electrons. The first-order valence-electron chi connectivity index (χ1n) is 7.82. The molecule has 1 atom stereocenters. The maximum atomic E-state index is 12.5. The molecule has 22 heavy (non-hydrogen) atoms. The first-order valence-corrected chi connectivity index (χ1v) is 7.82. The molecule has 0 unspecified atom stereocenters. The van der Waals surface area contributed by atoms with Gasteiger partial charge in [-0.2, -0.15) is 0 Å². The van der Waals surface area contributed by atoms with Crippen molar-refractivity contribution in [2.75, 3.05) is 11.9 Å². The molecule has 0 fully saturated rings. The van der Waals surface area contributed by atoms with Crippen molar-refractivity contribution in [1.29, 1.82) is 0 Å². The molecule has 0 aromatic heterocycles. The minimum atomic E-state index is -0.131. The average molecular weight is 294 g/mol. The number of anilines is 1. The van der Waals surface area contributed by atoms with Crippen molar-refractivity contribution in [2.45, 2.75) is 32.9 Å². The zero-order valence-electron chi connectivity index (χ0n) is 13.2. The second-order valence-corrected chi connectivity index (χ2v) is 6.02. The second kappa shape index (κ2) is 6.32. The van der Waals surface area contributed by atoms with Crippen LogP contribution in [0, 0.1) is 6.92 Å². The number of amides is 1. The summed E-state index contributed by atoms with van der Waals surface area (Å²) in [5.74, 6) is 0.0602. The minimum absolute atomic E-state index is 0.0602. The summed E-state index contributed by atoms with van der Waals surface area (Å²) in [5.41, 5.74) is 4.76. The van der Waals surface area contributed by atoms with Crippen LogP contribution in [0.1, 0.15) is 23.6 Å². The number of fused-ring (bicyclic) bond motifs is 1. The molecular weight excluding hydrogens is 272 g/mol. The van der Waals surface area contributed by atoms with E-state index in [9.17, 15) is 4.79 Å². The highest BCUT2D eigenvalue weighted by Gasteiger charge is 2.25. The lowest BCUT2D eigenvalue weighted by Gasteiger charge is -2.32. The van der Waals surface area contributed by atoms with Gasteiger partial charge in [0, 0.05) is 18.8 Å². The first kappa shape index (κ1) is 14.8. The van der Waals surface area contributed by atoms with Gasteiger partial charge in [-0.15, -0.1) is 0 Å². The Morgan fingerprint density at radius 3 is 2.68 bits per heavy atom. The molecule has 1 N–H and O–H groups in total. The van der Waals surface area contributed by atoms with Crippen LogP contribution in [0.5, 0.6) is 0 Å². The summed E-state index contributed by atoms with van der Waals surface area (Å²) >= 11 is 0. The highest BCUT2D eigenvalue weighted by molar-refractivity contribution is 5.94. The smallest absolute Gasteiger partial charge is 0.241 e. The van der Waals surface area contributed by atoms with E-state index in [0.717, 1.165) is 30.8 Å². The van der Waals surface area contributed by atoms with Crippen molar-refractivity contribution in [3.8, 4) is 0 Å². The van der Waals surface area contributed by atoms with E-state index in [1.165, 1.54) is 11.1 Å². The third-order valence-corrected chi connectivity index (χ3v) is 4.37. The average Bonchev–Trinajstić information content (AvgIpc) is 2.53. The zero-order valence-corrected chi connectivity index (χ0v) is 13.2. The van der Waals surface area contributed by atoms with Crippen LogP contribution < -0.4 is 5.32 Å². The summed E-state index contributed by atoms with van der Waals surface area (Å²) in [7, 11) is 0. The van der Waals surface area contributed by atoms with E-state index in [2.05, 4.69) is 34.5 Å². The lowest BCUT2D eigenvalue weighted by molar-refractivity contribution is -0.121. The maximum Gasteiger partial charge on any atom is 0.241 e. The Morgan fingerprint density at radius 1 is 1.14 bits per heavy atom. The Hall–Kier alpha value is -2.13. The van der Waals surface area contributed by atoms with Crippen molar-refractivity contribution in [3.63, 3.8) is 0 Å². The van der Waals surface area contributed by atoms with Gasteiger partial charge in [0.1, 0.15) is 0 Å². The number of rotatable bonds is 3. The number of aryl methyl sites for hydroxylation is 1. The predicted molar refractivity (Wildman–Crippen MR) is 89.8 cm³/mol. The van der Waals surface area contributed by atoms with Crippen LogP contribution in [0.3, 0.4) is 0 Å². The third kappa shape index (κ3) is 3.20. The molecule has 114 valence electrons. The van der Waals surface area contributed by atoms with E-state index in [-0.39, 0.29) is 11.9 Å². The number of benzene rings is 2. The first-order chi connectivity index (χ1) is 10.6. The van der Waals surface area contributed by atoms with Crippen molar-refractivity contribution in [2.24, 2.45) is 0 Å². The molecule has 0 saturated heterocycles. The standard InChI is InChI=1S/C19H22N2O/c1-14-6-5-9-18(12-14)20-19(22)15(2)21-11-10-16-7-3-4-8-17(16)13-21/h3-9,12,15H,10-11,13H2,1-2H3,(H,20,22)/t15-/m1/s1. The monoisotopic (exact) mass is 294 g/mol. The van der Waals surface area contributed by atoms with Gasteiger partial charge in [-0.05, 0) is 49.1 Å². The second-order valence-electron chi connectivity index (χ2n) is 6.02. The van der Waals surface area contributed by atoms with Crippen LogP contribution in [-0.4, -0.2) is 23.4 Å². The van der Waals surface area contributed by atoms with Gasteiger partial charge in [0.15, 0.2) is 0 Å². The number of nitrogens with one attached hydrogen (secondary N) is 1. The van der Waals surface area contributed by atoms with Gasteiger partial charge in [0.25, 0.3) is 0 Å². The number of nitrogens with zero attached hydrogens (tertiary/aromatic N) is 1. The molecule has 3 nitrogen and oxygen atoms in total. The van der Waals surface area contributed by atoms with Crippen molar-refractivity contribution in [1.82, 2.24) is 4.90 Å². The molecule has 1 amide bonds. The highest BCUT2D eigenvalue weighted by Crippen LogP contribution is 2.21. The van der Waals surface area contributed by atoms with Crippen LogP contribution in [0.25, 0.3) is 0 Å². The van der Waals surface area contributed by atoms with E-state index in [1.54, 1.807) is 0 Å². The Balaban J connectivity index is 1.67. The Morgan fingerprint density at radius 2 is 1.91 bits per heavy atom. The van der Waals surface area contributed by atoms with Gasteiger partial charge in [-0.3, -0.25) is 9.69 Å². The topological polar surface area (TPSA) is 32.3 Å². The fourth-order valence-corrected chi connectivity index (χ4v) is 2.98. The molecule has 2 aromatic rings.